The van der Waals surface area contributed by atoms with Gasteiger partial charge in [-0.1, -0.05) is 6.08 Å². The van der Waals surface area contributed by atoms with Gasteiger partial charge in [0.15, 0.2) is 0 Å². The van der Waals surface area contributed by atoms with Crippen LogP contribution < -0.4 is 0 Å². The van der Waals surface area contributed by atoms with Gasteiger partial charge in [0, 0.05) is 17.1 Å². The predicted molar refractivity (Wildman–Crippen MR) is 78.2 cm³/mol. The third-order valence-corrected chi connectivity index (χ3v) is 5.64. The molecule has 7 heteroatoms. The van der Waals surface area contributed by atoms with Gasteiger partial charge in [0.2, 0.25) is 10.0 Å². The molecule has 5 nitrogen and oxygen atoms in total. The summed E-state index contributed by atoms with van der Waals surface area (Å²) >= 11 is 3.10. The quantitative estimate of drug-likeness (QED) is 0.791. The highest BCUT2D eigenvalue weighted by atomic mass is 79.9. The zero-order valence-electron chi connectivity index (χ0n) is 10.6. The molecule has 1 aromatic rings. The SMILES string of the molecule is C=CCN(C1CC1)S(=O)(=O)c1ccc(Br)c(C(=O)O)c1. The molecule has 0 spiro atoms. The molecular weight excluding hydrogens is 346 g/mol. The van der Waals surface area contributed by atoms with Crippen molar-refractivity contribution in [1.29, 1.82) is 0 Å². The number of aromatic carboxylic acids is 1. The molecule has 2 rings (SSSR count). The predicted octanol–water partition coefficient (Wildman–Crippen LogP) is 2.49. The highest BCUT2D eigenvalue weighted by Gasteiger charge is 2.37. The van der Waals surface area contributed by atoms with Crippen LogP contribution in [0.4, 0.5) is 0 Å². The third-order valence-electron chi connectivity index (χ3n) is 3.04. The Morgan fingerprint density at radius 2 is 2.15 bits per heavy atom. The smallest absolute Gasteiger partial charge is 0.336 e. The Kier molecular flexibility index (Phi) is 4.31. The summed E-state index contributed by atoms with van der Waals surface area (Å²) < 4.78 is 26.8. The molecule has 1 saturated carbocycles. The fraction of sp³-hybridized carbons (Fsp3) is 0.308. The lowest BCUT2D eigenvalue weighted by molar-refractivity contribution is 0.0695. The van der Waals surface area contributed by atoms with E-state index < -0.39 is 16.0 Å². The number of hydrogen-bond acceptors (Lipinski definition) is 3. The molecule has 1 aliphatic carbocycles. The second-order valence-electron chi connectivity index (χ2n) is 4.54. The molecule has 0 aromatic heterocycles. The summed E-state index contributed by atoms with van der Waals surface area (Å²) in [4.78, 5) is 11.1. The minimum atomic E-state index is -3.69. The van der Waals surface area contributed by atoms with E-state index in [1.54, 1.807) is 0 Å². The van der Waals surface area contributed by atoms with Crippen molar-refractivity contribution in [3.63, 3.8) is 0 Å². The number of benzene rings is 1. The van der Waals surface area contributed by atoms with E-state index in [1.165, 1.54) is 28.6 Å². The molecule has 0 radical (unpaired) electrons. The summed E-state index contributed by atoms with van der Waals surface area (Å²) in [6.07, 6.45) is 3.19. The lowest BCUT2D eigenvalue weighted by Crippen LogP contribution is -2.33. The number of carbonyl (C=O) groups is 1. The molecule has 0 bridgehead atoms. The number of halogens is 1. The van der Waals surface area contributed by atoms with Gasteiger partial charge in [0.25, 0.3) is 0 Å². The molecule has 108 valence electrons. The van der Waals surface area contributed by atoms with Crippen molar-refractivity contribution in [2.24, 2.45) is 0 Å². The van der Waals surface area contributed by atoms with Crippen molar-refractivity contribution in [3.8, 4) is 0 Å². The van der Waals surface area contributed by atoms with Gasteiger partial charge in [-0.3, -0.25) is 0 Å². The zero-order valence-corrected chi connectivity index (χ0v) is 13.0. The molecule has 0 aliphatic heterocycles. The molecule has 1 aliphatic rings. The van der Waals surface area contributed by atoms with E-state index in [1.807, 2.05) is 0 Å². The number of hydrogen-bond donors (Lipinski definition) is 1. The molecule has 0 heterocycles. The van der Waals surface area contributed by atoms with Crippen LogP contribution in [0.15, 0.2) is 40.2 Å². The molecule has 0 unspecified atom stereocenters. The molecule has 20 heavy (non-hydrogen) atoms. The van der Waals surface area contributed by atoms with Gasteiger partial charge in [0.1, 0.15) is 0 Å². The third kappa shape index (κ3) is 2.94. The number of rotatable bonds is 6. The average molecular weight is 360 g/mol. The van der Waals surface area contributed by atoms with Gasteiger partial charge in [0.05, 0.1) is 10.5 Å². The Balaban J connectivity index is 2.45. The van der Waals surface area contributed by atoms with Crippen LogP contribution >= 0.6 is 15.9 Å². The van der Waals surface area contributed by atoms with Crippen LogP contribution in [0.2, 0.25) is 0 Å². The van der Waals surface area contributed by atoms with Crippen LogP contribution in [0.1, 0.15) is 23.2 Å². The number of carboxylic acid groups (broad SMARTS) is 1. The second kappa shape index (κ2) is 5.67. The van der Waals surface area contributed by atoms with Crippen molar-refractivity contribution in [3.05, 3.63) is 40.9 Å². The summed E-state index contributed by atoms with van der Waals surface area (Å²) in [5.41, 5.74) is -0.0691. The molecule has 0 saturated heterocycles. The van der Waals surface area contributed by atoms with Crippen molar-refractivity contribution in [2.75, 3.05) is 6.54 Å². The molecule has 1 aromatic carbocycles. The Hall–Kier alpha value is -1.18. The molecular formula is C13H14BrNO4S. The normalized spacial score (nSPS) is 15.3. The van der Waals surface area contributed by atoms with Crippen molar-refractivity contribution in [2.45, 2.75) is 23.8 Å². The van der Waals surface area contributed by atoms with Crippen LogP contribution in [-0.4, -0.2) is 36.4 Å². The summed E-state index contributed by atoms with van der Waals surface area (Å²) in [6.45, 7) is 3.80. The Morgan fingerprint density at radius 1 is 1.50 bits per heavy atom. The second-order valence-corrected chi connectivity index (χ2v) is 7.29. The standard InChI is InChI=1S/C13H14BrNO4S/c1-2-7-15(9-3-4-9)20(18,19)10-5-6-12(14)11(8-10)13(16)17/h2,5-6,8-9H,1,3-4,7H2,(H,16,17). The first-order chi connectivity index (χ1) is 9.37. The van der Waals surface area contributed by atoms with Gasteiger partial charge in [-0.25, -0.2) is 13.2 Å². The van der Waals surface area contributed by atoms with Crippen LogP contribution in [0.3, 0.4) is 0 Å². The number of nitrogens with zero attached hydrogens (tertiary/aromatic N) is 1. The lowest BCUT2D eigenvalue weighted by atomic mass is 10.2. The van der Waals surface area contributed by atoms with Gasteiger partial charge in [-0.05, 0) is 47.0 Å². The molecule has 1 N–H and O–H groups in total. The molecule has 0 atom stereocenters. The molecule has 1 fully saturated rings. The Morgan fingerprint density at radius 3 is 2.65 bits per heavy atom. The topological polar surface area (TPSA) is 74.7 Å². The first-order valence-corrected chi connectivity index (χ1v) is 8.27. The Bertz CT molecular complexity index is 652. The van der Waals surface area contributed by atoms with Gasteiger partial charge in [-0.15, -0.1) is 6.58 Å². The highest BCUT2D eigenvalue weighted by Crippen LogP contribution is 2.32. The maximum absolute atomic E-state index is 12.6. The maximum Gasteiger partial charge on any atom is 0.336 e. The van der Waals surface area contributed by atoms with Crippen molar-refractivity contribution >= 4 is 31.9 Å². The van der Waals surface area contributed by atoms with Gasteiger partial charge < -0.3 is 5.11 Å². The van der Waals surface area contributed by atoms with E-state index >= 15 is 0 Å². The van der Waals surface area contributed by atoms with Crippen LogP contribution in [0, 0.1) is 0 Å². The minimum Gasteiger partial charge on any atom is -0.478 e. The van der Waals surface area contributed by atoms with E-state index in [0.717, 1.165) is 12.8 Å². The monoisotopic (exact) mass is 359 g/mol. The van der Waals surface area contributed by atoms with Crippen LogP contribution in [0.5, 0.6) is 0 Å². The first kappa shape index (κ1) is 15.2. The van der Waals surface area contributed by atoms with Crippen LogP contribution in [0.25, 0.3) is 0 Å². The lowest BCUT2D eigenvalue weighted by Gasteiger charge is -2.20. The fourth-order valence-electron chi connectivity index (χ4n) is 1.90. The first-order valence-electron chi connectivity index (χ1n) is 6.03. The summed E-state index contributed by atoms with van der Waals surface area (Å²) in [5, 5.41) is 9.06. The van der Waals surface area contributed by atoms with E-state index in [4.69, 9.17) is 5.11 Å². The van der Waals surface area contributed by atoms with E-state index in [2.05, 4.69) is 22.5 Å². The van der Waals surface area contributed by atoms with Crippen molar-refractivity contribution < 1.29 is 18.3 Å². The summed E-state index contributed by atoms with van der Waals surface area (Å²) in [7, 11) is -3.69. The number of carboxylic acids is 1. The van der Waals surface area contributed by atoms with Crippen molar-refractivity contribution in [1.82, 2.24) is 4.31 Å². The highest BCUT2D eigenvalue weighted by molar-refractivity contribution is 9.10. The minimum absolute atomic E-state index is 0.00470. The van der Waals surface area contributed by atoms with E-state index in [-0.39, 0.29) is 23.0 Å². The average Bonchev–Trinajstić information content (AvgIpc) is 3.19. The van der Waals surface area contributed by atoms with Gasteiger partial charge in [-0.2, -0.15) is 4.31 Å². The van der Waals surface area contributed by atoms with Gasteiger partial charge >= 0.3 is 5.97 Å². The summed E-state index contributed by atoms with van der Waals surface area (Å²) in [6, 6.07) is 4.02. The zero-order chi connectivity index (χ0) is 14.9. The maximum atomic E-state index is 12.6. The number of sulfonamides is 1. The van der Waals surface area contributed by atoms with Crippen LogP contribution in [-0.2, 0) is 10.0 Å². The molecule has 0 amide bonds. The fourth-order valence-corrected chi connectivity index (χ4v) is 4.00. The largest absolute Gasteiger partial charge is 0.478 e. The van der Waals surface area contributed by atoms with E-state index in [9.17, 15) is 13.2 Å². The summed E-state index contributed by atoms with van der Waals surface area (Å²) in [5.74, 6) is -1.17. The van der Waals surface area contributed by atoms with E-state index in [0.29, 0.717) is 4.47 Å². The Labute approximate surface area is 126 Å².